The number of ether oxygens (including phenoxy) is 1. The van der Waals surface area contributed by atoms with Crippen LogP contribution in [0.15, 0.2) is 55.0 Å². The first-order valence-electron chi connectivity index (χ1n) is 9.96. The quantitative estimate of drug-likeness (QED) is 0.398. The van der Waals surface area contributed by atoms with Crippen LogP contribution in [-0.2, 0) is 19.0 Å². The van der Waals surface area contributed by atoms with Crippen molar-refractivity contribution in [1.29, 1.82) is 0 Å². The van der Waals surface area contributed by atoms with Gasteiger partial charge in [-0.05, 0) is 54.3 Å². The molecule has 0 spiro atoms. The lowest BCUT2D eigenvalue weighted by Crippen LogP contribution is -2.20. The second-order valence-corrected chi connectivity index (χ2v) is 7.64. The van der Waals surface area contributed by atoms with E-state index in [1.165, 1.54) is 6.33 Å². The number of alkyl halides is 3. The van der Waals surface area contributed by atoms with Crippen LogP contribution in [0.5, 0.6) is 11.6 Å². The Labute approximate surface area is 184 Å². The molecule has 10 heteroatoms. The van der Waals surface area contributed by atoms with E-state index in [-0.39, 0.29) is 28.6 Å². The lowest BCUT2D eigenvalue weighted by molar-refractivity contribution is -0.137. The van der Waals surface area contributed by atoms with E-state index in [0.29, 0.717) is 18.6 Å². The van der Waals surface area contributed by atoms with Crippen molar-refractivity contribution in [3.63, 3.8) is 0 Å². The van der Waals surface area contributed by atoms with Gasteiger partial charge in [-0.3, -0.25) is 0 Å². The molecule has 0 radical (unpaired) electrons. The van der Waals surface area contributed by atoms with Gasteiger partial charge in [0.1, 0.15) is 35.0 Å². The number of nitrogens with one attached hydrogen (secondary N) is 1. The maximum absolute atomic E-state index is 14.3. The summed E-state index contributed by atoms with van der Waals surface area (Å²) in [4.78, 5) is 11.6. The summed E-state index contributed by atoms with van der Waals surface area (Å²) in [5.41, 5.74) is 1.04. The van der Waals surface area contributed by atoms with E-state index < -0.39 is 23.4 Å². The van der Waals surface area contributed by atoms with Crippen molar-refractivity contribution in [3.05, 3.63) is 83.3 Å². The van der Waals surface area contributed by atoms with Crippen molar-refractivity contribution < 1.29 is 26.7 Å². The van der Waals surface area contributed by atoms with Crippen molar-refractivity contribution in [2.24, 2.45) is 0 Å². The molecule has 1 atom stereocenters. The second kappa shape index (κ2) is 7.95. The van der Waals surface area contributed by atoms with Gasteiger partial charge in [-0.25, -0.2) is 23.7 Å². The van der Waals surface area contributed by atoms with Crippen LogP contribution in [0, 0.1) is 11.6 Å². The topological polar surface area (TPSA) is 59.9 Å². The molecule has 0 saturated heterocycles. The number of pyridine rings is 1. The Kier molecular flexibility index (Phi) is 5.07. The third kappa shape index (κ3) is 4.15. The molecule has 2 heterocycles. The molecule has 1 N–H and O–H groups in total. The molecule has 1 unspecified atom stereocenters. The molecule has 168 valence electrons. The standard InChI is InChI=1S/C23H15F5N4O/c24-17-4-5-18(25)21-20(17)22(31-11-30-21)32-15-7-12-1-3-16(9-13(12)8-15)33-19-6-2-14(10-29-19)23(26,27)28/h1-6,9-11,15H,7-8H2,(H,30,31,32). The summed E-state index contributed by atoms with van der Waals surface area (Å²) < 4.78 is 72.0. The Morgan fingerprint density at radius 2 is 1.67 bits per heavy atom. The lowest BCUT2D eigenvalue weighted by atomic mass is 10.1. The Hall–Kier alpha value is -3.82. The fourth-order valence-corrected chi connectivity index (χ4v) is 3.89. The van der Waals surface area contributed by atoms with E-state index in [2.05, 4.69) is 20.3 Å². The largest absolute Gasteiger partial charge is 0.439 e. The van der Waals surface area contributed by atoms with E-state index >= 15 is 0 Å². The first-order valence-corrected chi connectivity index (χ1v) is 9.96. The van der Waals surface area contributed by atoms with Crippen molar-refractivity contribution in [3.8, 4) is 11.6 Å². The highest BCUT2D eigenvalue weighted by Gasteiger charge is 2.31. The third-order valence-electron chi connectivity index (χ3n) is 5.43. The molecule has 1 aliphatic rings. The van der Waals surface area contributed by atoms with Crippen molar-refractivity contribution in [2.75, 3.05) is 5.32 Å². The normalized spacial score (nSPS) is 15.5. The molecule has 0 saturated carbocycles. The average Bonchev–Trinajstić information content (AvgIpc) is 3.18. The minimum atomic E-state index is -4.47. The first kappa shape index (κ1) is 21.0. The Balaban J connectivity index is 1.32. The summed E-state index contributed by atoms with van der Waals surface area (Å²) in [5, 5.41) is 3.16. The Morgan fingerprint density at radius 3 is 2.42 bits per heavy atom. The van der Waals surface area contributed by atoms with Gasteiger partial charge < -0.3 is 10.1 Å². The molecule has 0 aliphatic heterocycles. The van der Waals surface area contributed by atoms with Gasteiger partial charge in [-0.1, -0.05) is 6.07 Å². The van der Waals surface area contributed by atoms with Crippen molar-refractivity contribution >= 4 is 16.7 Å². The number of rotatable bonds is 4. The van der Waals surface area contributed by atoms with Crippen LogP contribution in [0.25, 0.3) is 10.9 Å². The molecular weight excluding hydrogens is 443 g/mol. The highest BCUT2D eigenvalue weighted by Crippen LogP contribution is 2.33. The van der Waals surface area contributed by atoms with Gasteiger partial charge in [-0.15, -0.1) is 0 Å². The highest BCUT2D eigenvalue weighted by atomic mass is 19.4. The molecule has 1 aliphatic carbocycles. The molecule has 0 amide bonds. The summed E-state index contributed by atoms with van der Waals surface area (Å²) in [6, 6.07) is 9.35. The zero-order chi connectivity index (χ0) is 23.2. The number of nitrogens with zero attached hydrogens (tertiary/aromatic N) is 3. The van der Waals surface area contributed by atoms with Crippen LogP contribution in [0.1, 0.15) is 16.7 Å². The number of benzene rings is 2. The maximum atomic E-state index is 14.3. The number of hydrogen-bond donors (Lipinski definition) is 1. The summed E-state index contributed by atoms with van der Waals surface area (Å²) >= 11 is 0. The summed E-state index contributed by atoms with van der Waals surface area (Å²) in [6.07, 6.45) is -1.38. The molecule has 2 aromatic heterocycles. The fourth-order valence-electron chi connectivity index (χ4n) is 3.89. The number of anilines is 1. The van der Waals surface area contributed by atoms with E-state index in [0.717, 1.165) is 41.6 Å². The molecule has 33 heavy (non-hydrogen) atoms. The summed E-state index contributed by atoms with van der Waals surface area (Å²) in [5.74, 6) is -0.571. The van der Waals surface area contributed by atoms with Crippen LogP contribution in [0.3, 0.4) is 0 Å². The van der Waals surface area contributed by atoms with E-state index in [1.54, 1.807) is 12.1 Å². The minimum Gasteiger partial charge on any atom is -0.439 e. The SMILES string of the molecule is Fc1ccc(F)c2c(NC3Cc4ccc(Oc5ccc(C(F)(F)F)cn5)cc4C3)ncnc12. The summed E-state index contributed by atoms with van der Waals surface area (Å²) in [6.45, 7) is 0. The van der Waals surface area contributed by atoms with Crippen LogP contribution < -0.4 is 10.1 Å². The molecule has 0 fully saturated rings. The van der Waals surface area contributed by atoms with Gasteiger partial charge >= 0.3 is 6.18 Å². The van der Waals surface area contributed by atoms with Gasteiger partial charge in [0.25, 0.3) is 0 Å². The van der Waals surface area contributed by atoms with Crippen LogP contribution in [0.2, 0.25) is 0 Å². The Bertz CT molecular complexity index is 1340. The third-order valence-corrected chi connectivity index (χ3v) is 5.43. The van der Waals surface area contributed by atoms with Gasteiger partial charge in [0.05, 0.1) is 10.9 Å². The average molecular weight is 458 g/mol. The van der Waals surface area contributed by atoms with Gasteiger partial charge in [0.15, 0.2) is 0 Å². The predicted molar refractivity (Wildman–Crippen MR) is 110 cm³/mol. The monoisotopic (exact) mass is 458 g/mol. The number of aromatic nitrogens is 3. The predicted octanol–water partition coefficient (Wildman–Crippen LogP) is 5.69. The Morgan fingerprint density at radius 1 is 0.879 bits per heavy atom. The van der Waals surface area contributed by atoms with Crippen molar-refractivity contribution in [1.82, 2.24) is 15.0 Å². The van der Waals surface area contributed by atoms with Crippen LogP contribution >= 0.6 is 0 Å². The van der Waals surface area contributed by atoms with Gasteiger partial charge in [0.2, 0.25) is 5.88 Å². The van der Waals surface area contributed by atoms with E-state index in [9.17, 15) is 22.0 Å². The van der Waals surface area contributed by atoms with E-state index in [1.807, 2.05) is 6.07 Å². The summed E-state index contributed by atoms with van der Waals surface area (Å²) in [7, 11) is 0. The molecular formula is C23H15F5N4O. The lowest BCUT2D eigenvalue weighted by Gasteiger charge is -2.14. The first-order chi connectivity index (χ1) is 15.8. The maximum Gasteiger partial charge on any atom is 0.417 e. The van der Waals surface area contributed by atoms with Crippen LogP contribution in [0.4, 0.5) is 27.8 Å². The molecule has 0 bridgehead atoms. The number of halogens is 5. The number of hydrogen-bond acceptors (Lipinski definition) is 5. The van der Waals surface area contributed by atoms with Crippen LogP contribution in [-0.4, -0.2) is 21.0 Å². The van der Waals surface area contributed by atoms with Gasteiger partial charge in [0, 0.05) is 18.3 Å². The molecule has 4 aromatic rings. The second-order valence-electron chi connectivity index (χ2n) is 7.64. The molecule has 5 nitrogen and oxygen atoms in total. The fraction of sp³-hybridized carbons (Fsp3) is 0.174. The smallest absolute Gasteiger partial charge is 0.417 e. The highest BCUT2D eigenvalue weighted by molar-refractivity contribution is 5.89. The zero-order valence-corrected chi connectivity index (χ0v) is 16.8. The number of fused-ring (bicyclic) bond motifs is 2. The van der Waals surface area contributed by atoms with Crippen molar-refractivity contribution in [2.45, 2.75) is 25.1 Å². The zero-order valence-electron chi connectivity index (χ0n) is 16.8. The molecule has 5 rings (SSSR count). The molecule has 2 aromatic carbocycles. The van der Waals surface area contributed by atoms with E-state index in [4.69, 9.17) is 4.74 Å². The minimum absolute atomic E-state index is 0.00847. The van der Waals surface area contributed by atoms with Gasteiger partial charge in [-0.2, -0.15) is 13.2 Å².